The van der Waals surface area contributed by atoms with Crippen LogP contribution in [0.2, 0.25) is 4.34 Å². The number of nitrogens with zero attached hydrogens (tertiary/aromatic N) is 4. The van der Waals surface area contributed by atoms with Crippen LogP contribution in [0.1, 0.15) is 28.6 Å². The highest BCUT2D eigenvalue weighted by Gasteiger charge is 2.42. The van der Waals surface area contributed by atoms with Crippen molar-refractivity contribution in [1.82, 2.24) is 14.1 Å². The van der Waals surface area contributed by atoms with E-state index in [1.165, 1.54) is 37.6 Å². The number of hydrogen-bond donors (Lipinski definition) is 0. The lowest BCUT2D eigenvalue weighted by molar-refractivity contribution is -0.120. The van der Waals surface area contributed by atoms with E-state index in [4.69, 9.17) is 11.6 Å². The van der Waals surface area contributed by atoms with Crippen LogP contribution in [0.15, 0.2) is 35.7 Å². The standard InChI is InChI=1S/C24H30ClFN4O4S2/c1-16(21-8-9-22(25)35-21)15-36(33,34)30(13-12-27(2)3)20-10-11-29(24(20)32)19-7-6-17(14-18(19)26)23(31)28(4)5/h6-9,14-15,20H,10-13H2,1-5H3/b16-15+. The minimum absolute atomic E-state index is 0.0164. The Kier molecular flexibility index (Phi) is 8.94. The van der Waals surface area contributed by atoms with E-state index >= 15 is 0 Å². The van der Waals surface area contributed by atoms with Crippen LogP contribution in [0, 0.1) is 5.82 Å². The number of carbonyl (C=O) groups is 2. The third-order valence-corrected chi connectivity index (χ3v) is 8.91. The molecule has 0 aliphatic carbocycles. The molecule has 2 heterocycles. The smallest absolute Gasteiger partial charge is 0.253 e. The Bertz CT molecular complexity index is 1280. The van der Waals surface area contributed by atoms with Crippen molar-refractivity contribution < 1.29 is 22.4 Å². The van der Waals surface area contributed by atoms with Gasteiger partial charge in [0.1, 0.15) is 11.9 Å². The van der Waals surface area contributed by atoms with Crippen LogP contribution < -0.4 is 4.90 Å². The van der Waals surface area contributed by atoms with Crippen molar-refractivity contribution in [2.24, 2.45) is 0 Å². The molecule has 12 heteroatoms. The highest BCUT2D eigenvalue weighted by molar-refractivity contribution is 7.92. The van der Waals surface area contributed by atoms with Gasteiger partial charge in [0.15, 0.2) is 0 Å². The summed E-state index contributed by atoms with van der Waals surface area (Å²) in [5.41, 5.74) is 0.688. The van der Waals surface area contributed by atoms with Crippen molar-refractivity contribution in [2.45, 2.75) is 19.4 Å². The summed E-state index contributed by atoms with van der Waals surface area (Å²) in [6.45, 7) is 2.32. The van der Waals surface area contributed by atoms with Crippen LogP contribution in [0.5, 0.6) is 0 Å². The summed E-state index contributed by atoms with van der Waals surface area (Å²) in [5, 5.41) is 1.16. The number of halogens is 2. The number of carbonyl (C=O) groups excluding carboxylic acids is 2. The fourth-order valence-electron chi connectivity index (χ4n) is 3.92. The number of thiophene rings is 1. The van der Waals surface area contributed by atoms with E-state index in [2.05, 4.69) is 0 Å². The summed E-state index contributed by atoms with van der Waals surface area (Å²) in [6.07, 6.45) is 0.209. The molecule has 3 rings (SSSR count). The fraction of sp³-hybridized carbons (Fsp3) is 0.417. The lowest BCUT2D eigenvalue weighted by Crippen LogP contribution is -2.47. The van der Waals surface area contributed by atoms with Crippen molar-refractivity contribution in [3.8, 4) is 0 Å². The summed E-state index contributed by atoms with van der Waals surface area (Å²) >= 11 is 7.26. The largest absolute Gasteiger partial charge is 0.345 e. The molecule has 0 saturated carbocycles. The molecule has 2 aromatic rings. The molecule has 1 aromatic carbocycles. The topological polar surface area (TPSA) is 81.2 Å². The summed E-state index contributed by atoms with van der Waals surface area (Å²) < 4.78 is 43.6. The Morgan fingerprint density at radius 3 is 2.44 bits per heavy atom. The Morgan fingerprint density at radius 2 is 1.89 bits per heavy atom. The van der Waals surface area contributed by atoms with Gasteiger partial charge in [-0.25, -0.2) is 12.8 Å². The fourth-order valence-corrected chi connectivity index (χ4v) is 6.61. The zero-order chi connectivity index (χ0) is 26.8. The average Bonchev–Trinajstić information content (AvgIpc) is 3.38. The van der Waals surface area contributed by atoms with Crippen LogP contribution in [0.3, 0.4) is 0 Å². The molecular formula is C24H30ClFN4O4S2. The van der Waals surface area contributed by atoms with Crippen molar-refractivity contribution in [2.75, 3.05) is 52.7 Å². The monoisotopic (exact) mass is 556 g/mol. The van der Waals surface area contributed by atoms with Gasteiger partial charge >= 0.3 is 0 Å². The van der Waals surface area contributed by atoms with Gasteiger partial charge < -0.3 is 14.7 Å². The number of hydrogen-bond acceptors (Lipinski definition) is 6. The van der Waals surface area contributed by atoms with Gasteiger partial charge in [-0.2, -0.15) is 4.31 Å². The second-order valence-electron chi connectivity index (χ2n) is 9.02. The molecular weight excluding hydrogens is 527 g/mol. The molecule has 1 aliphatic heterocycles. The highest BCUT2D eigenvalue weighted by Crippen LogP contribution is 2.31. The van der Waals surface area contributed by atoms with Crippen molar-refractivity contribution in [1.29, 1.82) is 0 Å². The Labute approximate surface area is 220 Å². The number of anilines is 1. The van der Waals surface area contributed by atoms with Crippen LogP contribution >= 0.6 is 22.9 Å². The lowest BCUT2D eigenvalue weighted by atomic mass is 10.1. The first-order chi connectivity index (χ1) is 16.8. The third kappa shape index (κ3) is 6.33. The van der Waals surface area contributed by atoms with Gasteiger partial charge in [0.25, 0.3) is 5.91 Å². The van der Waals surface area contributed by atoms with Crippen LogP contribution in [-0.4, -0.2) is 88.2 Å². The maximum Gasteiger partial charge on any atom is 0.253 e. The molecule has 1 aliphatic rings. The van der Waals surface area contributed by atoms with E-state index in [1.54, 1.807) is 33.2 Å². The minimum Gasteiger partial charge on any atom is -0.345 e. The Balaban J connectivity index is 1.91. The Hall–Kier alpha value is -2.31. The second-order valence-corrected chi connectivity index (χ2v) is 12.5. The summed E-state index contributed by atoms with van der Waals surface area (Å²) in [7, 11) is 2.76. The maximum absolute atomic E-state index is 15.0. The van der Waals surface area contributed by atoms with E-state index in [-0.39, 0.29) is 36.7 Å². The van der Waals surface area contributed by atoms with Crippen molar-refractivity contribution >= 4 is 56.0 Å². The van der Waals surface area contributed by atoms with Crippen LogP contribution in [0.4, 0.5) is 10.1 Å². The van der Waals surface area contributed by atoms with Gasteiger partial charge in [-0.3, -0.25) is 9.59 Å². The van der Waals surface area contributed by atoms with Crippen molar-refractivity contribution in [3.63, 3.8) is 0 Å². The lowest BCUT2D eigenvalue weighted by Gasteiger charge is -2.27. The van der Waals surface area contributed by atoms with Crippen LogP contribution in [-0.2, 0) is 14.8 Å². The van der Waals surface area contributed by atoms with Gasteiger partial charge in [0.05, 0.1) is 15.4 Å². The molecule has 0 bridgehead atoms. The number of amides is 2. The number of likely N-dealkylation sites (N-methyl/N-ethyl adjacent to an activating group) is 1. The second kappa shape index (κ2) is 11.4. The number of rotatable bonds is 9. The van der Waals surface area contributed by atoms with Gasteiger partial charge in [0.2, 0.25) is 15.9 Å². The SMILES string of the molecule is C/C(=C\S(=O)(=O)N(CCN(C)C)C1CCN(c2ccc(C(=O)N(C)C)cc2F)C1=O)c1ccc(Cl)s1. The van der Waals surface area contributed by atoms with E-state index in [9.17, 15) is 22.4 Å². The normalized spacial score (nSPS) is 16.9. The molecule has 1 aromatic heterocycles. The van der Waals surface area contributed by atoms with Gasteiger partial charge in [-0.15, -0.1) is 11.3 Å². The molecule has 8 nitrogen and oxygen atoms in total. The van der Waals surface area contributed by atoms with Crippen LogP contribution in [0.25, 0.3) is 5.57 Å². The first kappa shape index (κ1) is 28.3. The van der Waals surface area contributed by atoms with E-state index < -0.39 is 27.8 Å². The van der Waals surface area contributed by atoms with Gasteiger partial charge in [-0.05, 0) is 63.3 Å². The molecule has 1 fully saturated rings. The zero-order valence-electron chi connectivity index (χ0n) is 20.9. The van der Waals surface area contributed by atoms with E-state index in [0.717, 1.165) is 11.5 Å². The zero-order valence-corrected chi connectivity index (χ0v) is 23.3. The predicted molar refractivity (Wildman–Crippen MR) is 142 cm³/mol. The maximum atomic E-state index is 15.0. The molecule has 0 spiro atoms. The number of benzene rings is 1. The number of allylic oxidation sites excluding steroid dienone is 1. The molecule has 1 atom stereocenters. The predicted octanol–water partition coefficient (Wildman–Crippen LogP) is 3.60. The molecule has 36 heavy (non-hydrogen) atoms. The van der Waals surface area contributed by atoms with E-state index in [1.807, 2.05) is 19.0 Å². The molecule has 0 N–H and O–H groups in total. The summed E-state index contributed by atoms with van der Waals surface area (Å²) in [5.74, 6) is -1.58. The first-order valence-electron chi connectivity index (χ1n) is 11.2. The first-order valence-corrected chi connectivity index (χ1v) is 13.9. The molecule has 1 unspecified atom stereocenters. The molecule has 2 amide bonds. The summed E-state index contributed by atoms with van der Waals surface area (Å²) in [6, 6.07) is 6.40. The van der Waals surface area contributed by atoms with Gasteiger partial charge in [-0.1, -0.05) is 11.6 Å². The Morgan fingerprint density at radius 1 is 1.19 bits per heavy atom. The molecule has 1 saturated heterocycles. The quantitative estimate of drug-likeness (QED) is 0.471. The van der Waals surface area contributed by atoms with Gasteiger partial charge in [0, 0.05) is 44.2 Å². The third-order valence-electron chi connectivity index (χ3n) is 5.80. The molecule has 0 radical (unpaired) electrons. The summed E-state index contributed by atoms with van der Waals surface area (Å²) in [4.78, 5) is 30.7. The molecule has 196 valence electrons. The highest BCUT2D eigenvalue weighted by atomic mass is 35.5. The van der Waals surface area contributed by atoms with E-state index in [0.29, 0.717) is 21.3 Å². The number of sulfonamides is 1. The minimum atomic E-state index is -4.00. The van der Waals surface area contributed by atoms with Crippen molar-refractivity contribution in [3.05, 3.63) is 56.3 Å². The average molecular weight is 557 g/mol.